The Morgan fingerprint density at radius 1 is 1.00 bits per heavy atom. The number of ether oxygens (including phenoxy) is 1. The molecule has 36 heavy (non-hydrogen) atoms. The van der Waals surface area contributed by atoms with Gasteiger partial charge < -0.3 is 10.1 Å². The maximum absolute atomic E-state index is 13.0. The maximum atomic E-state index is 13.0. The molecule has 190 valence electrons. The van der Waals surface area contributed by atoms with Gasteiger partial charge in [-0.2, -0.15) is 17.9 Å². The van der Waals surface area contributed by atoms with Crippen LogP contribution in [0.5, 0.6) is 5.75 Å². The van der Waals surface area contributed by atoms with Crippen molar-refractivity contribution in [2.75, 3.05) is 13.7 Å². The predicted molar refractivity (Wildman–Crippen MR) is 139 cm³/mol. The van der Waals surface area contributed by atoms with E-state index >= 15 is 0 Å². The number of para-hydroxylation sites is 1. The fraction of sp³-hybridized carbons (Fsp3) is 0.333. The highest BCUT2D eigenvalue weighted by Crippen LogP contribution is 2.39. The first-order valence-corrected chi connectivity index (χ1v) is 13.5. The zero-order valence-corrected chi connectivity index (χ0v) is 21.1. The number of nitrogens with one attached hydrogen (secondary N) is 3. The van der Waals surface area contributed by atoms with E-state index in [1.807, 2.05) is 30.3 Å². The van der Waals surface area contributed by atoms with E-state index in [1.54, 1.807) is 43.8 Å². The van der Waals surface area contributed by atoms with Crippen LogP contribution in [0.2, 0.25) is 0 Å². The van der Waals surface area contributed by atoms with Gasteiger partial charge in [-0.3, -0.25) is 9.78 Å². The van der Waals surface area contributed by atoms with Crippen LogP contribution in [0.4, 0.5) is 0 Å². The van der Waals surface area contributed by atoms with Gasteiger partial charge in [0.1, 0.15) is 5.75 Å². The molecule has 1 heterocycles. The lowest BCUT2D eigenvalue weighted by atomic mass is 9.68. The Morgan fingerprint density at radius 2 is 1.67 bits per heavy atom. The van der Waals surface area contributed by atoms with Gasteiger partial charge in [0.05, 0.1) is 12.7 Å². The average molecular weight is 509 g/mol. The van der Waals surface area contributed by atoms with E-state index in [0.29, 0.717) is 30.7 Å². The lowest BCUT2D eigenvalue weighted by Crippen LogP contribution is -2.49. The Balaban J connectivity index is 1.41. The van der Waals surface area contributed by atoms with Gasteiger partial charge in [0.15, 0.2) is 0 Å². The molecule has 4 rings (SSSR count). The highest BCUT2D eigenvalue weighted by atomic mass is 32.2. The van der Waals surface area contributed by atoms with E-state index in [4.69, 9.17) is 4.74 Å². The fourth-order valence-corrected chi connectivity index (χ4v) is 5.88. The summed E-state index contributed by atoms with van der Waals surface area (Å²) in [5.74, 6) is 0.340. The van der Waals surface area contributed by atoms with E-state index < -0.39 is 10.2 Å². The van der Waals surface area contributed by atoms with E-state index in [9.17, 15) is 13.2 Å². The molecule has 1 fully saturated rings. The summed E-state index contributed by atoms with van der Waals surface area (Å²) >= 11 is 0. The number of carbonyl (C=O) groups excluding carboxylic acids is 1. The largest absolute Gasteiger partial charge is 0.496 e. The third-order valence-electron chi connectivity index (χ3n) is 6.81. The van der Waals surface area contributed by atoms with Crippen molar-refractivity contribution < 1.29 is 17.9 Å². The molecule has 9 heteroatoms. The molecule has 1 aliphatic carbocycles. The van der Waals surface area contributed by atoms with Gasteiger partial charge in [-0.25, -0.2) is 0 Å². The minimum Gasteiger partial charge on any atom is -0.496 e. The number of methoxy groups -OCH3 is 1. The molecule has 3 aromatic rings. The van der Waals surface area contributed by atoms with Gasteiger partial charge in [-0.15, -0.1) is 0 Å². The number of benzene rings is 2. The molecule has 0 aliphatic heterocycles. The Hall–Kier alpha value is -3.27. The van der Waals surface area contributed by atoms with Crippen LogP contribution in [0, 0.1) is 0 Å². The molecule has 3 N–H and O–H groups in total. The minimum atomic E-state index is -3.65. The second-order valence-corrected chi connectivity index (χ2v) is 10.6. The summed E-state index contributed by atoms with van der Waals surface area (Å²) in [4.78, 5) is 16.9. The molecular formula is C27H32N4O4S. The van der Waals surface area contributed by atoms with Gasteiger partial charge in [-0.1, -0.05) is 42.5 Å². The van der Waals surface area contributed by atoms with Crippen LogP contribution in [0.15, 0.2) is 79.1 Å². The molecule has 1 aromatic heterocycles. The van der Waals surface area contributed by atoms with Crippen molar-refractivity contribution in [3.05, 3.63) is 95.8 Å². The first-order valence-electron chi connectivity index (χ1n) is 12.0. The van der Waals surface area contributed by atoms with E-state index in [0.717, 1.165) is 24.0 Å². The zero-order chi connectivity index (χ0) is 25.4. The summed E-state index contributed by atoms with van der Waals surface area (Å²) in [6, 6.07) is 20.6. The Bertz CT molecular complexity index is 1250. The molecule has 1 amide bonds. The van der Waals surface area contributed by atoms with Crippen molar-refractivity contribution in [2.45, 2.75) is 43.7 Å². The number of aromatic nitrogens is 1. The van der Waals surface area contributed by atoms with E-state index in [-0.39, 0.29) is 23.9 Å². The number of pyridine rings is 1. The summed E-state index contributed by atoms with van der Waals surface area (Å²) in [7, 11) is -2.11. The second kappa shape index (κ2) is 11.6. The molecule has 0 unspecified atom stereocenters. The topological polar surface area (TPSA) is 109 Å². The minimum absolute atomic E-state index is 0.179. The quantitative estimate of drug-likeness (QED) is 0.389. The van der Waals surface area contributed by atoms with Gasteiger partial charge in [0.2, 0.25) is 0 Å². The van der Waals surface area contributed by atoms with E-state index in [1.165, 1.54) is 0 Å². The summed E-state index contributed by atoms with van der Waals surface area (Å²) in [6.07, 6.45) is 6.06. The SMILES string of the molecule is COc1ccccc1C(=O)NCC1(c2ccccc2)CCC(NS(=O)(=O)NCc2ccncc2)CC1. The number of carbonyl (C=O) groups is 1. The first kappa shape index (κ1) is 25.8. The summed E-state index contributed by atoms with van der Waals surface area (Å²) in [5.41, 5.74) is 2.19. The lowest BCUT2D eigenvalue weighted by Gasteiger charge is -2.41. The van der Waals surface area contributed by atoms with Crippen LogP contribution in [0.3, 0.4) is 0 Å². The molecule has 1 aliphatic rings. The molecule has 0 radical (unpaired) electrons. The highest BCUT2D eigenvalue weighted by molar-refractivity contribution is 7.87. The van der Waals surface area contributed by atoms with Gasteiger partial charge in [0.25, 0.3) is 16.1 Å². The fourth-order valence-electron chi connectivity index (χ4n) is 4.76. The second-order valence-electron chi connectivity index (χ2n) is 9.10. The Kier molecular flexibility index (Phi) is 8.35. The molecule has 0 atom stereocenters. The van der Waals surface area contributed by atoms with Crippen LogP contribution in [0.1, 0.15) is 47.2 Å². The number of rotatable bonds is 10. The van der Waals surface area contributed by atoms with Gasteiger partial charge in [0, 0.05) is 36.9 Å². The van der Waals surface area contributed by atoms with Crippen LogP contribution in [-0.4, -0.2) is 39.0 Å². The van der Waals surface area contributed by atoms with Crippen LogP contribution in [0.25, 0.3) is 0 Å². The molecule has 8 nitrogen and oxygen atoms in total. The monoisotopic (exact) mass is 508 g/mol. The van der Waals surface area contributed by atoms with Crippen LogP contribution in [-0.2, 0) is 22.2 Å². The molecule has 1 saturated carbocycles. The summed E-state index contributed by atoms with van der Waals surface area (Å²) < 4.78 is 36.0. The van der Waals surface area contributed by atoms with Crippen LogP contribution < -0.4 is 19.5 Å². The third-order valence-corrected chi connectivity index (χ3v) is 7.97. The summed E-state index contributed by atoms with van der Waals surface area (Å²) in [5, 5.41) is 3.11. The summed E-state index contributed by atoms with van der Waals surface area (Å²) in [6.45, 7) is 0.654. The Morgan fingerprint density at radius 3 is 2.36 bits per heavy atom. The van der Waals surface area contributed by atoms with Gasteiger partial charge in [-0.05, 0) is 61.1 Å². The van der Waals surface area contributed by atoms with Crippen molar-refractivity contribution >= 4 is 16.1 Å². The number of nitrogens with zero attached hydrogens (tertiary/aromatic N) is 1. The maximum Gasteiger partial charge on any atom is 0.277 e. The van der Waals surface area contributed by atoms with Gasteiger partial charge >= 0.3 is 0 Å². The van der Waals surface area contributed by atoms with Crippen molar-refractivity contribution in [3.63, 3.8) is 0 Å². The van der Waals surface area contributed by atoms with Crippen molar-refractivity contribution in [2.24, 2.45) is 0 Å². The van der Waals surface area contributed by atoms with Crippen molar-refractivity contribution in [1.82, 2.24) is 19.7 Å². The van der Waals surface area contributed by atoms with Crippen molar-refractivity contribution in [3.8, 4) is 5.75 Å². The molecule has 2 aromatic carbocycles. The number of amides is 1. The first-order chi connectivity index (χ1) is 17.4. The highest BCUT2D eigenvalue weighted by Gasteiger charge is 2.38. The van der Waals surface area contributed by atoms with Crippen molar-refractivity contribution in [1.29, 1.82) is 0 Å². The standard InChI is InChI=1S/C27H32N4O4S/c1-35-25-10-6-5-9-24(25)26(32)29-20-27(22-7-3-2-4-8-22)15-11-23(12-16-27)31-36(33,34)30-19-21-13-17-28-18-14-21/h2-10,13-14,17-18,23,30-31H,11-12,15-16,19-20H2,1H3,(H,29,32). The molecular weight excluding hydrogens is 476 g/mol. The predicted octanol–water partition coefficient (Wildman–Crippen LogP) is 3.32. The molecule has 0 bridgehead atoms. The average Bonchev–Trinajstić information content (AvgIpc) is 2.92. The molecule has 0 saturated heterocycles. The number of hydrogen-bond acceptors (Lipinski definition) is 5. The molecule has 0 spiro atoms. The lowest BCUT2D eigenvalue weighted by molar-refractivity contribution is 0.0932. The van der Waals surface area contributed by atoms with Crippen LogP contribution >= 0.6 is 0 Å². The Labute approximate surface area is 212 Å². The van der Waals surface area contributed by atoms with E-state index in [2.05, 4.69) is 31.9 Å². The normalized spacial score (nSPS) is 20.0. The smallest absolute Gasteiger partial charge is 0.277 e. The zero-order valence-electron chi connectivity index (χ0n) is 20.3. The number of hydrogen-bond donors (Lipinski definition) is 3. The third kappa shape index (κ3) is 6.48.